The molecule has 0 aromatic heterocycles. The molecule has 2 aliphatic rings. The standard InChI is InChI=1S/C46H29BN2/c1-2-14-33-27-36(25-23-30(33)11-1)48-42-21-10-22-43-45(42)47(40-28-34-15-3-4-16-35(34)29-44(40)48)39-26-24-32-13-6-8-19-38(32)46(39)49(43)41-20-9-17-31-12-5-7-18-37(31)41/h1-29H. The molecule has 0 aliphatic carbocycles. The van der Waals surface area contributed by atoms with Crippen LogP contribution in [0.3, 0.4) is 0 Å². The highest BCUT2D eigenvalue weighted by molar-refractivity contribution is 7.00. The van der Waals surface area contributed by atoms with Crippen molar-refractivity contribution in [1.82, 2.24) is 0 Å². The van der Waals surface area contributed by atoms with E-state index >= 15 is 0 Å². The number of hydrogen-bond donors (Lipinski definition) is 0. The molecule has 0 N–H and O–H groups in total. The highest BCUT2D eigenvalue weighted by atomic mass is 15.2. The first-order valence-electron chi connectivity index (χ1n) is 17.1. The second kappa shape index (κ2) is 10.1. The van der Waals surface area contributed by atoms with Gasteiger partial charge in [-0.15, -0.1) is 0 Å². The van der Waals surface area contributed by atoms with Crippen molar-refractivity contribution in [3.63, 3.8) is 0 Å². The van der Waals surface area contributed by atoms with E-state index in [1.807, 2.05) is 0 Å². The Labute approximate surface area is 285 Å². The minimum atomic E-state index is 0.0633. The Kier molecular flexibility index (Phi) is 5.50. The number of fused-ring (bicyclic) bond motifs is 9. The minimum Gasteiger partial charge on any atom is -0.311 e. The molecule has 0 spiro atoms. The number of hydrogen-bond acceptors (Lipinski definition) is 2. The van der Waals surface area contributed by atoms with Crippen molar-refractivity contribution in [3.05, 3.63) is 176 Å². The molecular weight excluding hydrogens is 591 g/mol. The fourth-order valence-electron chi connectivity index (χ4n) is 8.63. The molecule has 0 saturated carbocycles. The Balaban J connectivity index is 1.29. The summed E-state index contributed by atoms with van der Waals surface area (Å²) in [6.07, 6.45) is 0. The lowest BCUT2D eigenvalue weighted by Gasteiger charge is -2.44. The van der Waals surface area contributed by atoms with Crippen molar-refractivity contribution in [2.45, 2.75) is 0 Å². The summed E-state index contributed by atoms with van der Waals surface area (Å²) < 4.78 is 0. The molecule has 0 saturated heterocycles. The number of nitrogens with zero attached hydrogens (tertiary/aromatic N) is 2. The van der Waals surface area contributed by atoms with Gasteiger partial charge in [0.05, 0.1) is 5.69 Å². The fraction of sp³-hybridized carbons (Fsp3) is 0. The van der Waals surface area contributed by atoms with Gasteiger partial charge < -0.3 is 9.80 Å². The van der Waals surface area contributed by atoms with E-state index in [9.17, 15) is 0 Å². The van der Waals surface area contributed by atoms with E-state index in [1.165, 1.54) is 93.6 Å². The summed E-state index contributed by atoms with van der Waals surface area (Å²) in [5.41, 5.74) is 11.3. The van der Waals surface area contributed by atoms with E-state index in [0.717, 1.165) is 0 Å². The van der Waals surface area contributed by atoms with Crippen LogP contribution in [0.25, 0.3) is 43.1 Å². The van der Waals surface area contributed by atoms with E-state index in [1.54, 1.807) is 0 Å². The maximum Gasteiger partial charge on any atom is 0.252 e. The molecule has 11 rings (SSSR count). The van der Waals surface area contributed by atoms with Crippen LogP contribution in [0.15, 0.2) is 176 Å². The van der Waals surface area contributed by atoms with Gasteiger partial charge in [-0.3, -0.25) is 0 Å². The Hall–Kier alpha value is -6.32. The lowest BCUT2D eigenvalue weighted by Crippen LogP contribution is -2.61. The maximum absolute atomic E-state index is 2.56. The highest BCUT2D eigenvalue weighted by Gasteiger charge is 2.44. The molecular formula is C46H29BN2. The van der Waals surface area contributed by atoms with Gasteiger partial charge in [0.2, 0.25) is 0 Å². The van der Waals surface area contributed by atoms with E-state index in [4.69, 9.17) is 0 Å². The predicted molar refractivity (Wildman–Crippen MR) is 210 cm³/mol. The second-order valence-electron chi connectivity index (χ2n) is 13.3. The Morgan fingerprint density at radius 2 is 0.878 bits per heavy atom. The number of benzene rings is 9. The van der Waals surface area contributed by atoms with E-state index in [2.05, 4.69) is 186 Å². The summed E-state index contributed by atoms with van der Waals surface area (Å²) >= 11 is 0. The molecule has 0 bridgehead atoms. The van der Waals surface area contributed by atoms with Crippen molar-refractivity contribution in [1.29, 1.82) is 0 Å². The summed E-state index contributed by atoms with van der Waals surface area (Å²) in [6.45, 7) is 0.0633. The quantitative estimate of drug-likeness (QED) is 0.178. The van der Waals surface area contributed by atoms with Gasteiger partial charge in [0, 0.05) is 39.2 Å². The lowest BCUT2D eigenvalue weighted by molar-refractivity contribution is 1.27. The summed E-state index contributed by atoms with van der Waals surface area (Å²) in [4.78, 5) is 5.07. The van der Waals surface area contributed by atoms with Crippen molar-refractivity contribution in [3.8, 4) is 0 Å². The molecule has 49 heavy (non-hydrogen) atoms. The largest absolute Gasteiger partial charge is 0.311 e. The molecule has 2 nitrogen and oxygen atoms in total. The zero-order chi connectivity index (χ0) is 32.1. The average molecular weight is 621 g/mol. The fourth-order valence-corrected chi connectivity index (χ4v) is 8.63. The van der Waals surface area contributed by atoms with Gasteiger partial charge in [-0.1, -0.05) is 140 Å². The van der Waals surface area contributed by atoms with Crippen LogP contribution in [0.5, 0.6) is 0 Å². The molecule has 2 heterocycles. The number of anilines is 6. The van der Waals surface area contributed by atoms with Crippen LogP contribution in [0.4, 0.5) is 34.1 Å². The third kappa shape index (κ3) is 3.79. The highest BCUT2D eigenvalue weighted by Crippen LogP contribution is 2.47. The first kappa shape index (κ1) is 26.7. The van der Waals surface area contributed by atoms with Crippen LogP contribution < -0.4 is 26.2 Å². The van der Waals surface area contributed by atoms with Crippen LogP contribution in [0, 0.1) is 0 Å². The van der Waals surface area contributed by atoms with Crippen molar-refractivity contribution in [2.24, 2.45) is 0 Å². The molecule has 0 radical (unpaired) electrons. The molecule has 2 aliphatic heterocycles. The van der Waals surface area contributed by atoms with Crippen LogP contribution in [0.2, 0.25) is 0 Å². The first-order valence-corrected chi connectivity index (χ1v) is 17.1. The summed E-state index contributed by atoms with van der Waals surface area (Å²) in [5.74, 6) is 0. The summed E-state index contributed by atoms with van der Waals surface area (Å²) in [5, 5.41) is 10.00. The predicted octanol–water partition coefficient (Wildman–Crippen LogP) is 10.4. The van der Waals surface area contributed by atoms with E-state index in [-0.39, 0.29) is 6.71 Å². The monoisotopic (exact) mass is 620 g/mol. The molecule has 226 valence electrons. The second-order valence-corrected chi connectivity index (χ2v) is 13.3. The summed E-state index contributed by atoms with van der Waals surface area (Å²) in [7, 11) is 0. The zero-order valence-electron chi connectivity index (χ0n) is 26.7. The number of rotatable bonds is 2. The van der Waals surface area contributed by atoms with Gasteiger partial charge >= 0.3 is 0 Å². The van der Waals surface area contributed by atoms with E-state index < -0.39 is 0 Å². The normalized spacial score (nSPS) is 13.2. The lowest BCUT2D eigenvalue weighted by atomic mass is 9.33. The SMILES string of the molecule is c1cc2c3c(c1)N(c1cccc4ccccc14)c1c(ccc4ccccc14)B3c1cc3ccccc3cc1N2c1ccc2ccccc2c1. The van der Waals surface area contributed by atoms with Gasteiger partial charge in [0.25, 0.3) is 6.71 Å². The Bertz CT molecular complexity index is 2810. The maximum atomic E-state index is 2.56. The van der Waals surface area contributed by atoms with Gasteiger partial charge in [0.15, 0.2) is 0 Å². The third-order valence-electron chi connectivity index (χ3n) is 10.7. The van der Waals surface area contributed by atoms with Gasteiger partial charge in [0.1, 0.15) is 0 Å². The van der Waals surface area contributed by atoms with Crippen LogP contribution >= 0.6 is 0 Å². The van der Waals surface area contributed by atoms with Crippen LogP contribution in [-0.4, -0.2) is 6.71 Å². The summed E-state index contributed by atoms with van der Waals surface area (Å²) in [6, 6.07) is 65.2. The molecule has 3 heteroatoms. The Morgan fingerprint density at radius 3 is 1.67 bits per heavy atom. The van der Waals surface area contributed by atoms with Crippen molar-refractivity contribution >= 4 is 100 Å². The minimum absolute atomic E-state index is 0.0633. The first-order chi connectivity index (χ1) is 24.3. The molecule has 0 atom stereocenters. The topological polar surface area (TPSA) is 6.48 Å². The van der Waals surface area contributed by atoms with Crippen LogP contribution in [0.1, 0.15) is 0 Å². The third-order valence-corrected chi connectivity index (χ3v) is 10.7. The molecule has 0 amide bonds. The van der Waals surface area contributed by atoms with Crippen molar-refractivity contribution in [2.75, 3.05) is 9.80 Å². The van der Waals surface area contributed by atoms with Crippen molar-refractivity contribution < 1.29 is 0 Å². The zero-order valence-corrected chi connectivity index (χ0v) is 26.7. The Morgan fingerprint density at radius 1 is 0.327 bits per heavy atom. The van der Waals surface area contributed by atoms with E-state index in [0.29, 0.717) is 0 Å². The molecule has 9 aromatic rings. The average Bonchev–Trinajstić information content (AvgIpc) is 3.16. The smallest absolute Gasteiger partial charge is 0.252 e. The van der Waals surface area contributed by atoms with Gasteiger partial charge in [-0.2, -0.15) is 0 Å². The van der Waals surface area contributed by atoms with Gasteiger partial charge in [-0.25, -0.2) is 0 Å². The molecule has 0 fully saturated rings. The van der Waals surface area contributed by atoms with Crippen LogP contribution in [-0.2, 0) is 0 Å². The molecule has 0 unspecified atom stereocenters. The molecule has 9 aromatic carbocycles. The van der Waals surface area contributed by atoms with Gasteiger partial charge in [-0.05, 0) is 85.1 Å².